The second kappa shape index (κ2) is 9.00. The van der Waals surface area contributed by atoms with E-state index in [0.29, 0.717) is 19.5 Å². The first-order chi connectivity index (χ1) is 12.8. The van der Waals surface area contributed by atoms with Gasteiger partial charge in [0.25, 0.3) is 0 Å². The Labute approximate surface area is 156 Å². The molecule has 0 atom stereocenters. The van der Waals surface area contributed by atoms with E-state index >= 15 is 0 Å². The van der Waals surface area contributed by atoms with Crippen LogP contribution in [0.1, 0.15) is 36.0 Å². The van der Waals surface area contributed by atoms with E-state index in [4.69, 9.17) is 0 Å². The average Bonchev–Trinajstić information content (AvgIpc) is 2.72. The number of amides is 1. The molecule has 0 spiro atoms. The molecule has 0 radical (unpaired) electrons. The van der Waals surface area contributed by atoms with Gasteiger partial charge in [-0.15, -0.1) is 0 Å². The van der Waals surface area contributed by atoms with Crippen molar-refractivity contribution in [3.8, 4) is 0 Å². The van der Waals surface area contributed by atoms with Crippen LogP contribution < -0.4 is 0 Å². The van der Waals surface area contributed by atoms with Crippen molar-refractivity contribution in [2.75, 3.05) is 6.54 Å². The standard InChI is InChI=1S/C24H25NO/c1-2-25(19-20-12-6-3-7-13-20)24(26)18-23(21-14-8-4-9-15-21)22-16-10-5-11-17-22/h3-17,23H,2,18-19H2,1H3. The lowest BCUT2D eigenvalue weighted by Gasteiger charge is -2.25. The number of hydrogen-bond donors (Lipinski definition) is 0. The second-order valence-electron chi connectivity index (χ2n) is 6.47. The highest BCUT2D eigenvalue weighted by atomic mass is 16.2. The molecule has 0 heterocycles. The lowest BCUT2D eigenvalue weighted by molar-refractivity contribution is -0.131. The summed E-state index contributed by atoms with van der Waals surface area (Å²) in [6.07, 6.45) is 0.481. The molecule has 0 fully saturated rings. The van der Waals surface area contributed by atoms with Crippen LogP contribution in [0.2, 0.25) is 0 Å². The summed E-state index contributed by atoms with van der Waals surface area (Å²) in [5, 5.41) is 0. The molecule has 3 aromatic rings. The van der Waals surface area contributed by atoms with Crippen molar-refractivity contribution in [3.05, 3.63) is 108 Å². The molecule has 0 N–H and O–H groups in total. The van der Waals surface area contributed by atoms with Gasteiger partial charge in [-0.1, -0.05) is 91.0 Å². The molecule has 3 rings (SSSR count). The summed E-state index contributed by atoms with van der Waals surface area (Å²) in [6.45, 7) is 3.41. The SMILES string of the molecule is CCN(Cc1ccccc1)C(=O)CC(c1ccccc1)c1ccccc1. The van der Waals surface area contributed by atoms with Crippen LogP contribution in [0.15, 0.2) is 91.0 Å². The minimum Gasteiger partial charge on any atom is -0.339 e. The Morgan fingerprint density at radius 2 is 1.23 bits per heavy atom. The molecule has 0 bridgehead atoms. The van der Waals surface area contributed by atoms with Gasteiger partial charge >= 0.3 is 0 Å². The van der Waals surface area contributed by atoms with Gasteiger partial charge in [0, 0.05) is 25.4 Å². The maximum absolute atomic E-state index is 13.1. The average molecular weight is 343 g/mol. The Balaban J connectivity index is 1.80. The van der Waals surface area contributed by atoms with Crippen LogP contribution in [-0.4, -0.2) is 17.4 Å². The maximum atomic E-state index is 13.1. The predicted octanol–water partition coefficient (Wildman–Crippen LogP) is 5.26. The fourth-order valence-corrected chi connectivity index (χ4v) is 3.28. The van der Waals surface area contributed by atoms with E-state index < -0.39 is 0 Å². The smallest absolute Gasteiger partial charge is 0.223 e. The first-order valence-electron chi connectivity index (χ1n) is 9.19. The summed E-state index contributed by atoms with van der Waals surface area (Å²) in [5.74, 6) is 0.267. The van der Waals surface area contributed by atoms with Gasteiger partial charge in [0.05, 0.1) is 0 Å². The second-order valence-corrected chi connectivity index (χ2v) is 6.47. The van der Waals surface area contributed by atoms with Crippen LogP contribution in [0.4, 0.5) is 0 Å². The predicted molar refractivity (Wildman–Crippen MR) is 107 cm³/mol. The molecule has 2 heteroatoms. The molecule has 26 heavy (non-hydrogen) atoms. The lowest BCUT2D eigenvalue weighted by atomic mass is 9.88. The van der Waals surface area contributed by atoms with E-state index in [9.17, 15) is 4.79 Å². The Morgan fingerprint density at radius 3 is 1.69 bits per heavy atom. The minimum absolute atomic E-state index is 0.0784. The van der Waals surface area contributed by atoms with E-state index in [0.717, 1.165) is 0 Å². The third kappa shape index (κ3) is 4.60. The largest absolute Gasteiger partial charge is 0.339 e. The van der Waals surface area contributed by atoms with E-state index in [1.165, 1.54) is 16.7 Å². The summed E-state index contributed by atoms with van der Waals surface area (Å²) >= 11 is 0. The van der Waals surface area contributed by atoms with Gasteiger partial charge in [0.15, 0.2) is 0 Å². The molecule has 132 valence electrons. The summed E-state index contributed by atoms with van der Waals surface area (Å²) in [6, 6.07) is 30.8. The van der Waals surface area contributed by atoms with Crippen molar-refractivity contribution >= 4 is 5.91 Å². The quantitative estimate of drug-likeness (QED) is 0.573. The number of carbonyl (C=O) groups excluding carboxylic acids is 1. The molecule has 0 saturated heterocycles. The molecule has 2 nitrogen and oxygen atoms in total. The molecule has 0 aliphatic carbocycles. The highest BCUT2D eigenvalue weighted by molar-refractivity contribution is 5.77. The topological polar surface area (TPSA) is 20.3 Å². The Morgan fingerprint density at radius 1 is 0.769 bits per heavy atom. The molecule has 0 aliphatic heterocycles. The maximum Gasteiger partial charge on any atom is 0.223 e. The number of benzene rings is 3. The zero-order chi connectivity index (χ0) is 18.2. The highest BCUT2D eigenvalue weighted by Gasteiger charge is 2.21. The van der Waals surface area contributed by atoms with Crippen molar-refractivity contribution in [1.29, 1.82) is 0 Å². The van der Waals surface area contributed by atoms with Crippen LogP contribution in [0.5, 0.6) is 0 Å². The number of hydrogen-bond acceptors (Lipinski definition) is 1. The molecule has 0 aliphatic rings. The Hall–Kier alpha value is -2.87. The van der Waals surface area contributed by atoms with Crippen molar-refractivity contribution in [2.24, 2.45) is 0 Å². The molecular weight excluding hydrogens is 318 g/mol. The third-order valence-electron chi connectivity index (χ3n) is 4.73. The first-order valence-corrected chi connectivity index (χ1v) is 9.19. The van der Waals surface area contributed by atoms with Crippen molar-refractivity contribution in [3.63, 3.8) is 0 Å². The van der Waals surface area contributed by atoms with E-state index in [2.05, 4.69) is 36.4 Å². The fraction of sp³-hybridized carbons (Fsp3) is 0.208. The van der Waals surface area contributed by atoms with Crippen LogP contribution in [0, 0.1) is 0 Å². The molecule has 1 amide bonds. The van der Waals surface area contributed by atoms with Crippen LogP contribution in [0.3, 0.4) is 0 Å². The summed E-state index contributed by atoms with van der Waals surface area (Å²) in [4.78, 5) is 15.0. The summed E-state index contributed by atoms with van der Waals surface area (Å²) < 4.78 is 0. The van der Waals surface area contributed by atoms with Crippen LogP contribution in [0.25, 0.3) is 0 Å². The molecule has 0 saturated carbocycles. The zero-order valence-electron chi connectivity index (χ0n) is 15.2. The van der Waals surface area contributed by atoms with E-state index in [1.54, 1.807) is 0 Å². The molecule has 3 aromatic carbocycles. The van der Waals surface area contributed by atoms with Crippen molar-refractivity contribution in [2.45, 2.75) is 25.8 Å². The van der Waals surface area contributed by atoms with Crippen molar-refractivity contribution in [1.82, 2.24) is 4.90 Å². The van der Waals surface area contributed by atoms with Gasteiger partial charge in [-0.2, -0.15) is 0 Å². The van der Waals surface area contributed by atoms with Gasteiger partial charge in [-0.25, -0.2) is 0 Å². The molecular formula is C24H25NO. The van der Waals surface area contributed by atoms with E-state index in [-0.39, 0.29) is 11.8 Å². The minimum atomic E-state index is 0.0784. The van der Waals surface area contributed by atoms with Gasteiger partial charge in [-0.3, -0.25) is 4.79 Å². The Bertz CT molecular complexity index is 760. The fourth-order valence-electron chi connectivity index (χ4n) is 3.28. The highest BCUT2D eigenvalue weighted by Crippen LogP contribution is 2.28. The number of rotatable bonds is 7. The van der Waals surface area contributed by atoms with Gasteiger partial charge in [0.2, 0.25) is 5.91 Å². The van der Waals surface area contributed by atoms with Gasteiger partial charge in [0.1, 0.15) is 0 Å². The Kier molecular flexibility index (Phi) is 6.21. The van der Waals surface area contributed by atoms with Crippen LogP contribution >= 0.6 is 0 Å². The van der Waals surface area contributed by atoms with Crippen molar-refractivity contribution < 1.29 is 4.79 Å². The summed E-state index contributed by atoms with van der Waals surface area (Å²) in [5.41, 5.74) is 3.53. The van der Waals surface area contributed by atoms with Gasteiger partial charge < -0.3 is 4.90 Å². The van der Waals surface area contributed by atoms with E-state index in [1.807, 2.05) is 66.4 Å². The zero-order valence-corrected chi connectivity index (χ0v) is 15.2. The lowest BCUT2D eigenvalue weighted by Crippen LogP contribution is -2.31. The first kappa shape index (κ1) is 17.9. The number of carbonyl (C=O) groups is 1. The monoisotopic (exact) mass is 343 g/mol. The molecule has 0 aromatic heterocycles. The third-order valence-corrected chi connectivity index (χ3v) is 4.73. The van der Waals surface area contributed by atoms with Gasteiger partial charge in [-0.05, 0) is 23.6 Å². The summed E-state index contributed by atoms with van der Waals surface area (Å²) in [7, 11) is 0. The number of nitrogens with zero attached hydrogens (tertiary/aromatic N) is 1. The van der Waals surface area contributed by atoms with Crippen LogP contribution in [-0.2, 0) is 11.3 Å². The molecule has 0 unspecified atom stereocenters. The normalized spacial score (nSPS) is 10.7.